The molecule has 0 aliphatic carbocycles. The van der Waals surface area contributed by atoms with Crippen molar-refractivity contribution in [2.45, 2.75) is 33.7 Å². The minimum absolute atomic E-state index is 0.0316. The zero-order chi connectivity index (χ0) is 9.78. The first-order valence-electron chi connectivity index (χ1n) is 4.38. The first-order chi connectivity index (χ1) is 5.43. The summed E-state index contributed by atoms with van der Waals surface area (Å²) in [5.74, 6) is 0.0596. The summed E-state index contributed by atoms with van der Waals surface area (Å²) in [5.41, 5.74) is -0.0316. The average molecular weight is 172 g/mol. The smallest absolute Gasteiger partial charge is 0.237 e. The third kappa shape index (κ3) is 3.22. The summed E-state index contributed by atoms with van der Waals surface area (Å²) in [7, 11) is 1.67. The molecule has 3 nitrogen and oxygen atoms in total. The number of likely N-dealkylation sites (N-methyl/N-ethyl adjacent to an activating group) is 2. The summed E-state index contributed by atoms with van der Waals surface area (Å²) in [6, 6.07) is -0.104. The molecule has 0 aromatic heterocycles. The largest absolute Gasteiger partial charge is 0.358 e. The average Bonchev–Trinajstić information content (AvgIpc) is 1.96. The van der Waals surface area contributed by atoms with E-state index in [1.807, 2.05) is 6.92 Å². The van der Waals surface area contributed by atoms with Crippen LogP contribution in [0.2, 0.25) is 0 Å². The summed E-state index contributed by atoms with van der Waals surface area (Å²) in [6.45, 7) is 8.97. The first-order valence-corrected chi connectivity index (χ1v) is 4.38. The fraction of sp³-hybridized carbons (Fsp3) is 0.889. The van der Waals surface area contributed by atoms with Gasteiger partial charge in [0.2, 0.25) is 5.91 Å². The van der Waals surface area contributed by atoms with Gasteiger partial charge in [0.15, 0.2) is 0 Å². The Morgan fingerprint density at radius 3 is 2.17 bits per heavy atom. The Labute approximate surface area is 74.9 Å². The van der Waals surface area contributed by atoms with Gasteiger partial charge in [-0.05, 0) is 12.0 Å². The van der Waals surface area contributed by atoms with Crippen LogP contribution in [0.3, 0.4) is 0 Å². The molecule has 1 amide bonds. The molecule has 0 spiro atoms. The molecule has 2 N–H and O–H groups in total. The van der Waals surface area contributed by atoms with E-state index in [1.54, 1.807) is 7.05 Å². The number of rotatable bonds is 3. The quantitative estimate of drug-likeness (QED) is 0.660. The molecule has 0 fully saturated rings. The van der Waals surface area contributed by atoms with E-state index >= 15 is 0 Å². The molecule has 0 aliphatic rings. The van der Waals surface area contributed by atoms with Gasteiger partial charge in [0.25, 0.3) is 0 Å². The molecule has 0 unspecified atom stereocenters. The van der Waals surface area contributed by atoms with E-state index in [9.17, 15) is 4.79 Å². The number of hydrogen-bond acceptors (Lipinski definition) is 2. The van der Waals surface area contributed by atoms with E-state index < -0.39 is 0 Å². The van der Waals surface area contributed by atoms with Crippen molar-refractivity contribution < 1.29 is 4.79 Å². The Hall–Kier alpha value is -0.570. The van der Waals surface area contributed by atoms with Crippen molar-refractivity contribution in [3.8, 4) is 0 Å². The molecule has 0 aromatic carbocycles. The number of carbonyl (C=O) groups excluding carboxylic acids is 1. The van der Waals surface area contributed by atoms with E-state index in [0.717, 1.165) is 6.54 Å². The van der Waals surface area contributed by atoms with Gasteiger partial charge in [-0.25, -0.2) is 0 Å². The number of carbonyl (C=O) groups is 1. The minimum Gasteiger partial charge on any atom is -0.358 e. The molecule has 0 radical (unpaired) electrons. The van der Waals surface area contributed by atoms with Crippen molar-refractivity contribution >= 4 is 5.91 Å². The lowest BCUT2D eigenvalue weighted by atomic mass is 9.86. The van der Waals surface area contributed by atoms with Crippen LogP contribution in [0.25, 0.3) is 0 Å². The van der Waals surface area contributed by atoms with Crippen LogP contribution in [0.1, 0.15) is 27.7 Å². The second-order valence-electron chi connectivity index (χ2n) is 3.97. The van der Waals surface area contributed by atoms with Crippen molar-refractivity contribution in [2.24, 2.45) is 5.41 Å². The molecular weight excluding hydrogens is 152 g/mol. The summed E-state index contributed by atoms with van der Waals surface area (Å²) < 4.78 is 0. The number of nitrogens with one attached hydrogen (secondary N) is 2. The minimum atomic E-state index is -0.104. The Morgan fingerprint density at radius 1 is 1.42 bits per heavy atom. The van der Waals surface area contributed by atoms with Crippen LogP contribution < -0.4 is 10.6 Å². The van der Waals surface area contributed by atoms with E-state index in [0.29, 0.717) is 0 Å². The highest BCUT2D eigenvalue weighted by Crippen LogP contribution is 2.18. The summed E-state index contributed by atoms with van der Waals surface area (Å²) >= 11 is 0. The van der Waals surface area contributed by atoms with Crippen molar-refractivity contribution in [1.82, 2.24) is 10.6 Å². The normalized spacial score (nSPS) is 14.1. The van der Waals surface area contributed by atoms with Crippen LogP contribution in [0.15, 0.2) is 0 Å². The molecule has 3 heteroatoms. The first kappa shape index (κ1) is 11.4. The maximum atomic E-state index is 11.4. The molecule has 12 heavy (non-hydrogen) atoms. The van der Waals surface area contributed by atoms with Gasteiger partial charge in [-0.3, -0.25) is 4.79 Å². The van der Waals surface area contributed by atoms with E-state index in [1.165, 1.54) is 0 Å². The lowest BCUT2D eigenvalue weighted by molar-refractivity contribution is -0.125. The molecule has 0 bridgehead atoms. The summed E-state index contributed by atoms with van der Waals surface area (Å²) in [5, 5.41) is 5.82. The Balaban J connectivity index is 4.33. The second-order valence-corrected chi connectivity index (χ2v) is 3.97. The van der Waals surface area contributed by atoms with Crippen LogP contribution in [0.4, 0.5) is 0 Å². The van der Waals surface area contributed by atoms with Gasteiger partial charge in [0, 0.05) is 7.05 Å². The Kier molecular flexibility index (Phi) is 4.24. The van der Waals surface area contributed by atoms with Crippen molar-refractivity contribution in [3.63, 3.8) is 0 Å². The third-order valence-electron chi connectivity index (χ3n) is 1.78. The molecule has 0 saturated carbocycles. The molecule has 1 atom stereocenters. The maximum absolute atomic E-state index is 11.4. The van der Waals surface area contributed by atoms with Gasteiger partial charge in [-0.2, -0.15) is 0 Å². The van der Waals surface area contributed by atoms with E-state index in [-0.39, 0.29) is 17.4 Å². The molecule has 0 heterocycles. The molecule has 0 aromatic rings. The predicted octanol–water partition coefficient (Wildman–Crippen LogP) is 0.757. The monoisotopic (exact) mass is 172 g/mol. The molecule has 0 aliphatic heterocycles. The van der Waals surface area contributed by atoms with E-state index in [2.05, 4.69) is 31.4 Å². The van der Waals surface area contributed by atoms with Gasteiger partial charge < -0.3 is 10.6 Å². The second kappa shape index (κ2) is 4.45. The summed E-state index contributed by atoms with van der Waals surface area (Å²) in [4.78, 5) is 11.4. The van der Waals surface area contributed by atoms with Crippen LogP contribution in [0, 0.1) is 5.41 Å². The topological polar surface area (TPSA) is 41.1 Å². The zero-order valence-corrected chi connectivity index (χ0v) is 8.69. The van der Waals surface area contributed by atoms with Crippen LogP contribution >= 0.6 is 0 Å². The van der Waals surface area contributed by atoms with Crippen molar-refractivity contribution in [2.75, 3.05) is 13.6 Å². The molecule has 0 saturated heterocycles. The van der Waals surface area contributed by atoms with Crippen LogP contribution in [-0.4, -0.2) is 25.5 Å². The molecule has 0 rings (SSSR count). The lowest BCUT2D eigenvalue weighted by Gasteiger charge is -2.29. The highest BCUT2D eigenvalue weighted by Gasteiger charge is 2.29. The van der Waals surface area contributed by atoms with E-state index in [4.69, 9.17) is 0 Å². The van der Waals surface area contributed by atoms with Gasteiger partial charge in [-0.1, -0.05) is 27.7 Å². The number of amides is 1. The van der Waals surface area contributed by atoms with Crippen molar-refractivity contribution in [1.29, 1.82) is 0 Å². The van der Waals surface area contributed by atoms with Gasteiger partial charge in [0.1, 0.15) is 0 Å². The van der Waals surface area contributed by atoms with Gasteiger partial charge in [0.05, 0.1) is 6.04 Å². The van der Waals surface area contributed by atoms with Crippen LogP contribution in [0.5, 0.6) is 0 Å². The highest BCUT2D eigenvalue weighted by molar-refractivity contribution is 5.82. The standard InChI is InChI=1S/C9H20N2O/c1-6-11-7(8(12)10-5)9(2,3)4/h7,11H,6H2,1-5H3,(H,10,12)/t7-/m0/s1. The van der Waals surface area contributed by atoms with Gasteiger partial charge in [-0.15, -0.1) is 0 Å². The zero-order valence-electron chi connectivity index (χ0n) is 8.69. The number of hydrogen-bond donors (Lipinski definition) is 2. The third-order valence-corrected chi connectivity index (χ3v) is 1.78. The van der Waals surface area contributed by atoms with Crippen LogP contribution in [-0.2, 0) is 4.79 Å². The molecule has 72 valence electrons. The predicted molar refractivity (Wildman–Crippen MR) is 51.0 cm³/mol. The SMILES string of the molecule is CCN[C@@H](C(=O)NC)C(C)(C)C. The highest BCUT2D eigenvalue weighted by atomic mass is 16.2. The fourth-order valence-electron chi connectivity index (χ4n) is 1.14. The fourth-order valence-corrected chi connectivity index (χ4v) is 1.14. The Bertz CT molecular complexity index is 149. The Morgan fingerprint density at radius 2 is 1.92 bits per heavy atom. The summed E-state index contributed by atoms with van der Waals surface area (Å²) in [6.07, 6.45) is 0. The molecular formula is C9H20N2O. The van der Waals surface area contributed by atoms with Crippen molar-refractivity contribution in [3.05, 3.63) is 0 Å². The lowest BCUT2D eigenvalue weighted by Crippen LogP contribution is -2.50. The maximum Gasteiger partial charge on any atom is 0.237 e. The van der Waals surface area contributed by atoms with Gasteiger partial charge >= 0.3 is 0 Å².